The molecule has 0 saturated heterocycles. The fraction of sp³-hybridized carbons (Fsp3) is 0.417. The first-order chi connectivity index (χ1) is 7.88. The van der Waals surface area contributed by atoms with E-state index in [0.29, 0.717) is 0 Å². The summed E-state index contributed by atoms with van der Waals surface area (Å²) in [5.41, 5.74) is 2.18. The largest absolute Gasteiger partial charge is 0.345 e. The van der Waals surface area contributed by atoms with Gasteiger partial charge in [0.25, 0.3) is 0 Å². The Hall–Kier alpha value is -0.520. The minimum atomic E-state index is 0.139. The van der Waals surface area contributed by atoms with E-state index < -0.39 is 0 Å². The number of halogens is 1. The van der Waals surface area contributed by atoms with Crippen LogP contribution in [0.5, 0.6) is 0 Å². The highest BCUT2D eigenvalue weighted by atomic mass is 79.9. The summed E-state index contributed by atoms with van der Waals surface area (Å²) in [5.74, 6) is 0. The molecule has 0 radical (unpaired) electrons. The monoisotopic (exact) mass is 313 g/mol. The number of aromatic nitrogens is 2. The predicted octanol–water partition coefficient (Wildman–Crippen LogP) is 4.06. The number of hydrogen-bond acceptors (Lipinski definition) is 3. The van der Waals surface area contributed by atoms with Crippen molar-refractivity contribution in [3.8, 4) is 0 Å². The molecular formula is C12H16BrN3S. The van der Waals surface area contributed by atoms with Gasteiger partial charge in [0, 0.05) is 14.9 Å². The van der Waals surface area contributed by atoms with E-state index >= 15 is 0 Å². The molecule has 0 saturated carbocycles. The van der Waals surface area contributed by atoms with Crippen molar-refractivity contribution in [3.05, 3.63) is 22.9 Å². The summed E-state index contributed by atoms with van der Waals surface area (Å²) in [6, 6.07) is 4.23. The van der Waals surface area contributed by atoms with Crippen molar-refractivity contribution in [3.63, 3.8) is 0 Å². The van der Waals surface area contributed by atoms with Crippen LogP contribution in [0.15, 0.2) is 27.8 Å². The summed E-state index contributed by atoms with van der Waals surface area (Å²) in [7, 11) is 2.11. The molecular weight excluding hydrogens is 298 g/mol. The normalized spacial score (nSPS) is 12.6. The van der Waals surface area contributed by atoms with Gasteiger partial charge in [-0.3, -0.25) is 0 Å². The fourth-order valence-electron chi connectivity index (χ4n) is 1.33. The van der Waals surface area contributed by atoms with Crippen molar-refractivity contribution < 1.29 is 0 Å². The Bertz CT molecular complexity index is 530. The second kappa shape index (κ2) is 4.63. The number of nitrogens with zero attached hydrogens (tertiary/aromatic N) is 2. The Morgan fingerprint density at radius 2 is 2.06 bits per heavy atom. The van der Waals surface area contributed by atoms with E-state index in [0.717, 1.165) is 15.5 Å². The summed E-state index contributed by atoms with van der Waals surface area (Å²) in [6.07, 6.45) is 1.72. The molecule has 5 heteroatoms. The van der Waals surface area contributed by atoms with Crippen LogP contribution >= 0.6 is 27.9 Å². The lowest BCUT2D eigenvalue weighted by molar-refractivity contribution is 0.319. The molecule has 0 unspecified atom stereocenters. The maximum Gasteiger partial charge on any atom is 0.102 e. The van der Waals surface area contributed by atoms with E-state index in [1.165, 1.54) is 4.90 Å². The maximum absolute atomic E-state index is 4.26. The predicted molar refractivity (Wildman–Crippen MR) is 77.2 cm³/mol. The van der Waals surface area contributed by atoms with Gasteiger partial charge in [0.1, 0.15) is 5.52 Å². The minimum Gasteiger partial charge on any atom is -0.345 e. The molecule has 1 aromatic heterocycles. The first-order valence-electron chi connectivity index (χ1n) is 5.42. The SMILES string of the molecule is CN(Sc1cc(Br)c2nc[nH]c2c1)C(C)(C)C. The van der Waals surface area contributed by atoms with Crippen LogP contribution in [0.4, 0.5) is 0 Å². The highest BCUT2D eigenvalue weighted by Gasteiger charge is 2.18. The summed E-state index contributed by atoms with van der Waals surface area (Å²) in [5, 5.41) is 0. The second-order valence-electron chi connectivity index (χ2n) is 4.96. The molecule has 0 atom stereocenters. The zero-order chi connectivity index (χ0) is 12.6. The lowest BCUT2D eigenvalue weighted by atomic mass is 10.1. The first kappa shape index (κ1) is 12.9. The van der Waals surface area contributed by atoms with Crippen LogP contribution in [-0.4, -0.2) is 26.9 Å². The van der Waals surface area contributed by atoms with E-state index in [1.807, 2.05) is 0 Å². The number of rotatable bonds is 2. The molecule has 1 aromatic carbocycles. The topological polar surface area (TPSA) is 31.9 Å². The molecule has 17 heavy (non-hydrogen) atoms. The Labute approximate surface area is 114 Å². The van der Waals surface area contributed by atoms with Gasteiger partial charge in [0.2, 0.25) is 0 Å². The Morgan fingerprint density at radius 3 is 2.71 bits per heavy atom. The van der Waals surface area contributed by atoms with E-state index in [9.17, 15) is 0 Å². The summed E-state index contributed by atoms with van der Waals surface area (Å²) in [6.45, 7) is 6.59. The molecule has 92 valence electrons. The molecule has 0 fully saturated rings. The molecule has 0 aliphatic heterocycles. The smallest absolute Gasteiger partial charge is 0.102 e. The molecule has 1 heterocycles. The molecule has 2 rings (SSSR count). The first-order valence-corrected chi connectivity index (χ1v) is 6.99. The van der Waals surface area contributed by atoms with Gasteiger partial charge < -0.3 is 4.98 Å². The number of benzene rings is 1. The number of imidazole rings is 1. The third kappa shape index (κ3) is 2.84. The Kier molecular flexibility index (Phi) is 3.52. The van der Waals surface area contributed by atoms with Crippen LogP contribution in [0, 0.1) is 0 Å². The quantitative estimate of drug-likeness (QED) is 0.848. The van der Waals surface area contributed by atoms with E-state index in [1.54, 1.807) is 18.3 Å². The van der Waals surface area contributed by atoms with Crippen LogP contribution in [0.1, 0.15) is 20.8 Å². The zero-order valence-electron chi connectivity index (χ0n) is 10.4. The lowest BCUT2D eigenvalue weighted by Crippen LogP contribution is -2.32. The Balaban J connectivity index is 2.30. The van der Waals surface area contributed by atoms with Gasteiger partial charge in [-0.05, 0) is 67.8 Å². The molecule has 0 bridgehead atoms. The van der Waals surface area contributed by atoms with Crippen molar-refractivity contribution in [2.75, 3.05) is 7.05 Å². The molecule has 0 amide bonds. The van der Waals surface area contributed by atoms with Crippen molar-refractivity contribution in [2.45, 2.75) is 31.2 Å². The van der Waals surface area contributed by atoms with Crippen molar-refractivity contribution in [1.29, 1.82) is 0 Å². The molecule has 0 aliphatic rings. The average molecular weight is 314 g/mol. The van der Waals surface area contributed by atoms with Crippen molar-refractivity contribution >= 4 is 38.9 Å². The van der Waals surface area contributed by atoms with Gasteiger partial charge in [-0.25, -0.2) is 9.29 Å². The third-order valence-electron chi connectivity index (χ3n) is 2.64. The standard InChI is InChI=1S/C12H16BrN3S/c1-12(2,3)16(4)17-8-5-9(13)11-10(6-8)14-7-15-11/h5-7H,1-4H3,(H,14,15). The van der Waals surface area contributed by atoms with Crippen LogP contribution in [0.25, 0.3) is 11.0 Å². The molecule has 1 N–H and O–H groups in total. The zero-order valence-corrected chi connectivity index (χ0v) is 12.8. The van der Waals surface area contributed by atoms with E-state index in [-0.39, 0.29) is 5.54 Å². The highest BCUT2D eigenvalue weighted by molar-refractivity contribution is 9.10. The highest BCUT2D eigenvalue weighted by Crippen LogP contribution is 2.32. The van der Waals surface area contributed by atoms with E-state index in [2.05, 4.69) is 70.2 Å². The summed E-state index contributed by atoms with van der Waals surface area (Å²) in [4.78, 5) is 8.60. The molecule has 0 spiro atoms. The minimum absolute atomic E-state index is 0.139. The van der Waals surface area contributed by atoms with E-state index in [4.69, 9.17) is 0 Å². The second-order valence-corrected chi connectivity index (χ2v) is 7.02. The average Bonchev–Trinajstić information content (AvgIpc) is 2.64. The number of nitrogens with one attached hydrogen (secondary N) is 1. The molecule has 0 aliphatic carbocycles. The van der Waals surface area contributed by atoms with Crippen molar-refractivity contribution in [1.82, 2.24) is 14.3 Å². The van der Waals surface area contributed by atoms with Gasteiger partial charge in [0.15, 0.2) is 0 Å². The summed E-state index contributed by atoms with van der Waals surface area (Å²) >= 11 is 5.29. The number of H-pyrrole nitrogens is 1. The number of hydrogen-bond donors (Lipinski definition) is 1. The van der Waals surface area contributed by atoms with Gasteiger partial charge >= 0.3 is 0 Å². The fourth-order valence-corrected chi connectivity index (χ4v) is 2.97. The number of aromatic amines is 1. The lowest BCUT2D eigenvalue weighted by Gasteiger charge is -2.30. The van der Waals surface area contributed by atoms with Crippen LogP contribution < -0.4 is 0 Å². The molecule has 3 nitrogen and oxygen atoms in total. The third-order valence-corrected chi connectivity index (χ3v) is 4.51. The Morgan fingerprint density at radius 1 is 1.35 bits per heavy atom. The molecule has 2 aromatic rings. The van der Waals surface area contributed by atoms with Gasteiger partial charge in [-0.2, -0.15) is 0 Å². The van der Waals surface area contributed by atoms with Crippen LogP contribution in [0.2, 0.25) is 0 Å². The van der Waals surface area contributed by atoms with Crippen LogP contribution in [0.3, 0.4) is 0 Å². The summed E-state index contributed by atoms with van der Waals surface area (Å²) < 4.78 is 3.28. The van der Waals surface area contributed by atoms with Gasteiger partial charge in [0.05, 0.1) is 11.8 Å². The van der Waals surface area contributed by atoms with Crippen LogP contribution in [-0.2, 0) is 0 Å². The number of fused-ring (bicyclic) bond motifs is 1. The maximum atomic E-state index is 4.26. The van der Waals surface area contributed by atoms with Gasteiger partial charge in [-0.1, -0.05) is 0 Å². The van der Waals surface area contributed by atoms with Gasteiger partial charge in [-0.15, -0.1) is 0 Å². The van der Waals surface area contributed by atoms with Crippen molar-refractivity contribution in [2.24, 2.45) is 0 Å².